The summed E-state index contributed by atoms with van der Waals surface area (Å²) in [5.41, 5.74) is 2.00. The number of amides is 1. The summed E-state index contributed by atoms with van der Waals surface area (Å²) in [6.07, 6.45) is 4.92. The number of hydrogen-bond acceptors (Lipinski definition) is 4. The first kappa shape index (κ1) is 15.5. The fourth-order valence-corrected chi connectivity index (χ4v) is 4.21. The number of nitrogens with zero attached hydrogens (tertiary/aromatic N) is 2. The van der Waals surface area contributed by atoms with Gasteiger partial charge < -0.3 is 20.3 Å². The highest BCUT2D eigenvalue weighted by Crippen LogP contribution is 2.43. The minimum atomic E-state index is -1.59. The van der Waals surface area contributed by atoms with Crippen molar-refractivity contribution in [3.05, 3.63) is 48.3 Å². The van der Waals surface area contributed by atoms with Crippen molar-refractivity contribution < 1.29 is 9.90 Å². The van der Waals surface area contributed by atoms with Crippen molar-refractivity contribution in [3.8, 4) is 11.1 Å². The first-order valence-corrected chi connectivity index (χ1v) is 8.91. The fraction of sp³-hybridized carbons (Fsp3) is 0.300. The third kappa shape index (κ3) is 2.06. The van der Waals surface area contributed by atoms with Crippen molar-refractivity contribution in [3.63, 3.8) is 0 Å². The Balaban J connectivity index is 1.78. The lowest BCUT2D eigenvalue weighted by Crippen LogP contribution is -2.30. The van der Waals surface area contributed by atoms with Gasteiger partial charge in [-0.25, -0.2) is 4.98 Å². The van der Waals surface area contributed by atoms with Gasteiger partial charge in [0.2, 0.25) is 0 Å². The molecule has 2 aliphatic rings. The maximum atomic E-state index is 12.2. The number of aromatic nitrogens is 2. The van der Waals surface area contributed by atoms with E-state index in [1.807, 2.05) is 18.2 Å². The van der Waals surface area contributed by atoms with E-state index in [4.69, 9.17) is 0 Å². The molecule has 1 fully saturated rings. The first-order valence-electron chi connectivity index (χ1n) is 8.91. The summed E-state index contributed by atoms with van der Waals surface area (Å²) in [4.78, 5) is 16.4. The van der Waals surface area contributed by atoms with E-state index in [0.29, 0.717) is 17.4 Å². The lowest BCUT2D eigenvalue weighted by molar-refractivity contribution is -0.131. The molecule has 6 nitrogen and oxygen atoms in total. The molecule has 4 heterocycles. The van der Waals surface area contributed by atoms with Gasteiger partial charge >= 0.3 is 0 Å². The van der Waals surface area contributed by atoms with Gasteiger partial charge in [0.15, 0.2) is 5.60 Å². The lowest BCUT2D eigenvalue weighted by atomic mass is 9.91. The molecule has 1 amide bonds. The molecule has 26 heavy (non-hydrogen) atoms. The summed E-state index contributed by atoms with van der Waals surface area (Å²) in [5, 5.41) is 18.0. The van der Waals surface area contributed by atoms with Gasteiger partial charge in [0.25, 0.3) is 5.91 Å². The molecule has 6 heteroatoms. The molecule has 1 unspecified atom stereocenters. The van der Waals surface area contributed by atoms with Crippen LogP contribution >= 0.6 is 0 Å². The van der Waals surface area contributed by atoms with Gasteiger partial charge in [-0.15, -0.1) is 0 Å². The van der Waals surface area contributed by atoms with Gasteiger partial charge in [-0.3, -0.25) is 4.79 Å². The van der Waals surface area contributed by atoms with Crippen LogP contribution in [0.4, 0.5) is 5.82 Å². The highest BCUT2D eigenvalue weighted by atomic mass is 16.3. The molecule has 0 radical (unpaired) electrons. The van der Waals surface area contributed by atoms with Gasteiger partial charge in [0, 0.05) is 47.0 Å². The molecular weight excluding hydrogens is 328 g/mol. The van der Waals surface area contributed by atoms with Crippen LogP contribution in [0.3, 0.4) is 0 Å². The van der Waals surface area contributed by atoms with E-state index in [1.54, 1.807) is 6.20 Å². The van der Waals surface area contributed by atoms with E-state index in [0.717, 1.165) is 36.0 Å². The number of pyridine rings is 1. The molecule has 1 saturated heterocycles. The van der Waals surface area contributed by atoms with Crippen molar-refractivity contribution in [1.29, 1.82) is 0 Å². The predicted octanol–water partition coefficient (Wildman–Crippen LogP) is 2.40. The monoisotopic (exact) mass is 348 g/mol. The number of rotatable bonds is 2. The molecule has 1 aromatic carbocycles. The van der Waals surface area contributed by atoms with Crippen LogP contribution in [-0.4, -0.2) is 33.7 Å². The number of nitrogens with one attached hydrogen (secondary N) is 2. The van der Waals surface area contributed by atoms with E-state index >= 15 is 0 Å². The van der Waals surface area contributed by atoms with E-state index in [1.165, 1.54) is 12.4 Å². The van der Waals surface area contributed by atoms with Crippen LogP contribution in [0, 0.1) is 0 Å². The quantitative estimate of drug-likeness (QED) is 0.664. The number of aliphatic hydroxyl groups is 1. The second-order valence-corrected chi connectivity index (χ2v) is 7.22. The largest absolute Gasteiger partial charge is 0.375 e. The predicted molar refractivity (Wildman–Crippen MR) is 99.9 cm³/mol. The Hall–Kier alpha value is -2.70. The van der Waals surface area contributed by atoms with Crippen molar-refractivity contribution in [2.24, 2.45) is 0 Å². The third-order valence-electron chi connectivity index (χ3n) is 5.57. The first-order chi connectivity index (χ1) is 12.6. The average molecular weight is 348 g/mol. The van der Waals surface area contributed by atoms with Crippen LogP contribution < -0.4 is 10.6 Å². The summed E-state index contributed by atoms with van der Waals surface area (Å²) < 4.78 is 2.32. The van der Waals surface area contributed by atoms with Crippen LogP contribution in [0.15, 0.2) is 42.7 Å². The van der Waals surface area contributed by atoms with Gasteiger partial charge in [-0.2, -0.15) is 0 Å². The Labute approximate surface area is 150 Å². The average Bonchev–Trinajstić information content (AvgIpc) is 3.33. The van der Waals surface area contributed by atoms with Crippen molar-refractivity contribution in [2.75, 3.05) is 18.4 Å². The number of para-hydroxylation sites is 1. The maximum absolute atomic E-state index is 12.2. The van der Waals surface area contributed by atoms with Gasteiger partial charge in [0.05, 0.1) is 0 Å². The summed E-state index contributed by atoms with van der Waals surface area (Å²) in [5.74, 6) is 0.00745. The molecule has 3 aromatic rings. The molecule has 5 rings (SSSR count). The van der Waals surface area contributed by atoms with Crippen molar-refractivity contribution >= 4 is 22.6 Å². The van der Waals surface area contributed by atoms with Crippen LogP contribution in [-0.2, 0) is 10.4 Å². The number of benzene rings is 1. The number of fused-ring (bicyclic) bond motifs is 2. The normalized spacial score (nSPS) is 24.8. The Morgan fingerprint density at radius 2 is 2.12 bits per heavy atom. The van der Waals surface area contributed by atoms with Gasteiger partial charge in [-0.1, -0.05) is 18.2 Å². The standard InChI is InChI=1S/C20H20N4O2/c1-20(26)17-14(7-9-22-18(17)23-19(20)25)15-11-24(12-6-8-21-10-12)16-5-3-2-4-13(15)16/h2-5,7,9,11-12,21,26H,6,8,10H2,1H3,(H,22,23,25)/t12-,20?/m0/s1. The smallest absolute Gasteiger partial charge is 0.262 e. The van der Waals surface area contributed by atoms with Crippen LogP contribution in [0.1, 0.15) is 24.9 Å². The second-order valence-electron chi connectivity index (χ2n) is 7.22. The molecule has 0 aliphatic carbocycles. The minimum Gasteiger partial charge on any atom is -0.375 e. The molecule has 2 atom stereocenters. The van der Waals surface area contributed by atoms with Crippen LogP contribution in [0.25, 0.3) is 22.0 Å². The number of carbonyl (C=O) groups excluding carboxylic acids is 1. The zero-order valence-corrected chi connectivity index (χ0v) is 14.5. The number of hydrogen-bond donors (Lipinski definition) is 3. The highest BCUT2D eigenvalue weighted by molar-refractivity contribution is 6.08. The van der Waals surface area contributed by atoms with E-state index in [-0.39, 0.29) is 0 Å². The lowest BCUT2D eigenvalue weighted by Gasteiger charge is -2.17. The minimum absolute atomic E-state index is 0.406. The summed E-state index contributed by atoms with van der Waals surface area (Å²) in [6, 6.07) is 10.6. The Morgan fingerprint density at radius 1 is 1.27 bits per heavy atom. The van der Waals surface area contributed by atoms with Crippen LogP contribution in [0.5, 0.6) is 0 Å². The summed E-state index contributed by atoms with van der Waals surface area (Å²) >= 11 is 0. The summed E-state index contributed by atoms with van der Waals surface area (Å²) in [6.45, 7) is 3.49. The second kappa shape index (κ2) is 5.40. The van der Waals surface area contributed by atoms with Gasteiger partial charge in [-0.05, 0) is 37.6 Å². The Morgan fingerprint density at radius 3 is 2.92 bits per heavy atom. The molecule has 132 valence electrons. The van der Waals surface area contributed by atoms with E-state index in [2.05, 4.69) is 38.5 Å². The Bertz CT molecular complexity index is 1030. The molecular formula is C20H20N4O2. The number of anilines is 1. The highest BCUT2D eigenvalue weighted by Gasteiger charge is 2.44. The maximum Gasteiger partial charge on any atom is 0.262 e. The van der Waals surface area contributed by atoms with E-state index < -0.39 is 11.5 Å². The molecule has 0 saturated carbocycles. The van der Waals surface area contributed by atoms with Crippen molar-refractivity contribution in [1.82, 2.24) is 14.9 Å². The Kier molecular flexibility index (Phi) is 3.23. The summed E-state index contributed by atoms with van der Waals surface area (Å²) in [7, 11) is 0. The molecule has 3 N–H and O–H groups in total. The third-order valence-corrected chi connectivity index (χ3v) is 5.57. The number of carbonyl (C=O) groups is 1. The zero-order valence-electron chi connectivity index (χ0n) is 14.5. The topological polar surface area (TPSA) is 79.2 Å². The molecule has 2 aliphatic heterocycles. The van der Waals surface area contributed by atoms with Crippen molar-refractivity contribution in [2.45, 2.75) is 25.0 Å². The fourth-order valence-electron chi connectivity index (χ4n) is 4.21. The SMILES string of the molecule is CC1(O)C(=O)Nc2nccc(-c3cn([C@H]4CCNC4)c4ccccc34)c21. The molecule has 0 spiro atoms. The molecule has 2 aromatic heterocycles. The van der Waals surface area contributed by atoms with Crippen LogP contribution in [0.2, 0.25) is 0 Å². The molecule has 0 bridgehead atoms. The van der Waals surface area contributed by atoms with E-state index in [9.17, 15) is 9.90 Å². The zero-order chi connectivity index (χ0) is 17.9. The van der Waals surface area contributed by atoms with Gasteiger partial charge in [0.1, 0.15) is 5.82 Å².